The van der Waals surface area contributed by atoms with Gasteiger partial charge in [-0.2, -0.15) is 0 Å². The number of fused-ring (bicyclic) bond motifs is 1. The van der Waals surface area contributed by atoms with Crippen LogP contribution in [-0.4, -0.2) is 45.3 Å². The standard InChI is InChI=1S/C21H20N2O6/c24-17-10-9-13(21(28)29)12-16(17)22-18(25)8-2-1-5-11-23-19(26)14-6-3-4-7-15(14)20(23)27/h3-4,6-7,9-10,12,24H,1-2,5,8,11H2,(H,22,25)(H,28,29). The number of carboxylic acids is 1. The fraction of sp³-hybridized carbons (Fsp3) is 0.238. The van der Waals surface area contributed by atoms with Gasteiger partial charge in [0.2, 0.25) is 5.91 Å². The molecule has 150 valence electrons. The maximum Gasteiger partial charge on any atom is 0.335 e. The van der Waals surface area contributed by atoms with Gasteiger partial charge in [-0.05, 0) is 43.2 Å². The second-order valence-electron chi connectivity index (χ2n) is 6.70. The van der Waals surface area contributed by atoms with E-state index < -0.39 is 5.97 Å². The van der Waals surface area contributed by atoms with Crippen molar-refractivity contribution in [2.45, 2.75) is 25.7 Å². The number of nitrogens with zero attached hydrogens (tertiary/aromatic N) is 1. The van der Waals surface area contributed by atoms with Crippen molar-refractivity contribution in [1.82, 2.24) is 4.90 Å². The molecule has 0 saturated heterocycles. The summed E-state index contributed by atoms with van der Waals surface area (Å²) in [5, 5.41) is 21.2. The fourth-order valence-corrected chi connectivity index (χ4v) is 3.16. The maximum atomic E-state index is 12.3. The first-order valence-electron chi connectivity index (χ1n) is 9.20. The number of imide groups is 1. The molecule has 0 fully saturated rings. The first-order chi connectivity index (χ1) is 13.9. The summed E-state index contributed by atoms with van der Waals surface area (Å²) < 4.78 is 0. The summed E-state index contributed by atoms with van der Waals surface area (Å²) in [6.07, 6.45) is 1.88. The molecule has 0 aromatic heterocycles. The van der Waals surface area contributed by atoms with Gasteiger partial charge in [-0.3, -0.25) is 19.3 Å². The Morgan fingerprint density at radius 2 is 1.59 bits per heavy atom. The number of hydrogen-bond donors (Lipinski definition) is 3. The Morgan fingerprint density at radius 1 is 0.931 bits per heavy atom. The molecule has 1 aliphatic rings. The molecule has 2 aromatic carbocycles. The molecule has 0 aliphatic carbocycles. The number of nitrogens with one attached hydrogen (secondary N) is 1. The van der Waals surface area contributed by atoms with E-state index in [1.54, 1.807) is 24.3 Å². The van der Waals surface area contributed by atoms with E-state index in [4.69, 9.17) is 5.11 Å². The molecule has 8 nitrogen and oxygen atoms in total. The second kappa shape index (κ2) is 8.55. The van der Waals surface area contributed by atoms with Gasteiger partial charge in [0, 0.05) is 13.0 Å². The number of carboxylic acid groups (broad SMARTS) is 1. The summed E-state index contributed by atoms with van der Waals surface area (Å²) in [5.74, 6) is -2.32. The van der Waals surface area contributed by atoms with Crippen molar-refractivity contribution in [3.8, 4) is 5.75 Å². The number of phenols is 1. The highest BCUT2D eigenvalue weighted by molar-refractivity contribution is 6.21. The van der Waals surface area contributed by atoms with Crippen molar-refractivity contribution < 1.29 is 29.4 Å². The first-order valence-corrected chi connectivity index (χ1v) is 9.20. The highest BCUT2D eigenvalue weighted by Crippen LogP contribution is 2.25. The molecule has 1 aliphatic heterocycles. The Morgan fingerprint density at radius 3 is 2.21 bits per heavy atom. The Labute approximate surface area is 166 Å². The summed E-state index contributed by atoms with van der Waals surface area (Å²) in [5.41, 5.74) is 0.834. The predicted molar refractivity (Wildman–Crippen MR) is 104 cm³/mol. The maximum absolute atomic E-state index is 12.3. The summed E-state index contributed by atoms with van der Waals surface area (Å²) in [6, 6.07) is 10.3. The quantitative estimate of drug-likeness (QED) is 0.358. The lowest BCUT2D eigenvalue weighted by Crippen LogP contribution is -2.30. The molecule has 0 unspecified atom stereocenters. The number of phenolic OH excluding ortho intramolecular Hbond substituents is 1. The predicted octanol–water partition coefficient (Wildman–Crippen LogP) is 2.89. The van der Waals surface area contributed by atoms with Crippen LogP contribution in [0.4, 0.5) is 5.69 Å². The van der Waals surface area contributed by atoms with Gasteiger partial charge in [-0.15, -0.1) is 0 Å². The van der Waals surface area contributed by atoms with Gasteiger partial charge in [-0.25, -0.2) is 4.79 Å². The van der Waals surface area contributed by atoms with Crippen LogP contribution in [0.15, 0.2) is 42.5 Å². The lowest BCUT2D eigenvalue weighted by Gasteiger charge is -2.13. The highest BCUT2D eigenvalue weighted by atomic mass is 16.4. The monoisotopic (exact) mass is 396 g/mol. The van der Waals surface area contributed by atoms with Crippen molar-refractivity contribution in [3.63, 3.8) is 0 Å². The minimum Gasteiger partial charge on any atom is -0.506 e. The van der Waals surface area contributed by atoms with Crippen molar-refractivity contribution in [3.05, 3.63) is 59.2 Å². The molecule has 2 aromatic rings. The van der Waals surface area contributed by atoms with Crippen LogP contribution in [0.3, 0.4) is 0 Å². The van der Waals surface area contributed by atoms with E-state index in [2.05, 4.69) is 5.32 Å². The highest BCUT2D eigenvalue weighted by Gasteiger charge is 2.34. The molecule has 0 radical (unpaired) electrons. The average Bonchev–Trinajstić information content (AvgIpc) is 2.94. The van der Waals surface area contributed by atoms with Crippen LogP contribution in [0.2, 0.25) is 0 Å². The van der Waals surface area contributed by atoms with Gasteiger partial charge in [0.25, 0.3) is 11.8 Å². The summed E-state index contributed by atoms with van der Waals surface area (Å²) in [4.78, 5) is 48.8. The van der Waals surface area contributed by atoms with Gasteiger partial charge >= 0.3 is 5.97 Å². The molecule has 0 saturated carbocycles. The lowest BCUT2D eigenvalue weighted by molar-refractivity contribution is -0.116. The molecule has 0 atom stereocenters. The second-order valence-corrected chi connectivity index (χ2v) is 6.70. The van der Waals surface area contributed by atoms with Crippen molar-refractivity contribution in [2.75, 3.05) is 11.9 Å². The van der Waals surface area contributed by atoms with E-state index in [0.717, 1.165) is 0 Å². The molecule has 1 heterocycles. The van der Waals surface area contributed by atoms with Crippen LogP contribution in [0.5, 0.6) is 5.75 Å². The molecule has 8 heteroatoms. The Bertz CT molecular complexity index is 950. The van der Waals surface area contributed by atoms with Crippen LogP contribution >= 0.6 is 0 Å². The molecule has 3 N–H and O–H groups in total. The normalized spacial score (nSPS) is 12.8. The zero-order valence-electron chi connectivity index (χ0n) is 15.6. The van der Waals surface area contributed by atoms with E-state index in [1.807, 2.05) is 0 Å². The fourth-order valence-electron chi connectivity index (χ4n) is 3.16. The number of amides is 3. The molecule has 0 spiro atoms. The number of aromatic hydroxyl groups is 1. The molecule has 3 rings (SSSR count). The number of rotatable bonds is 8. The van der Waals surface area contributed by atoms with Gasteiger partial charge in [0.15, 0.2) is 0 Å². The van der Waals surface area contributed by atoms with Crippen LogP contribution in [0.25, 0.3) is 0 Å². The SMILES string of the molecule is O=C(CCCCCN1C(=O)c2ccccc2C1=O)Nc1cc(C(=O)O)ccc1O. The average molecular weight is 396 g/mol. The third kappa shape index (κ3) is 4.43. The third-order valence-corrected chi connectivity index (χ3v) is 4.68. The van der Waals surface area contributed by atoms with Crippen LogP contribution in [-0.2, 0) is 4.79 Å². The van der Waals surface area contributed by atoms with Crippen LogP contribution < -0.4 is 5.32 Å². The van der Waals surface area contributed by atoms with E-state index in [-0.39, 0.29) is 47.7 Å². The zero-order chi connectivity index (χ0) is 21.0. The number of hydrogen-bond acceptors (Lipinski definition) is 5. The first kappa shape index (κ1) is 20.1. The van der Waals surface area contributed by atoms with Gasteiger partial charge < -0.3 is 15.5 Å². The molecular formula is C21H20N2O6. The Balaban J connectivity index is 1.43. The van der Waals surface area contributed by atoms with Crippen molar-refractivity contribution >= 4 is 29.4 Å². The Kier molecular flexibility index (Phi) is 5.92. The molecule has 3 amide bonds. The minimum atomic E-state index is -1.16. The topological polar surface area (TPSA) is 124 Å². The number of anilines is 1. The number of benzene rings is 2. The summed E-state index contributed by atoms with van der Waals surface area (Å²) in [6.45, 7) is 0.287. The van der Waals surface area contributed by atoms with Gasteiger partial charge in [0.05, 0.1) is 22.4 Å². The molecule has 29 heavy (non-hydrogen) atoms. The number of carbonyl (C=O) groups excluding carboxylic acids is 3. The minimum absolute atomic E-state index is 0.0425. The Hall–Kier alpha value is -3.68. The van der Waals surface area contributed by atoms with Crippen LogP contribution in [0, 0.1) is 0 Å². The van der Waals surface area contributed by atoms with Gasteiger partial charge in [0.1, 0.15) is 5.75 Å². The summed E-state index contributed by atoms with van der Waals surface area (Å²) in [7, 11) is 0. The largest absolute Gasteiger partial charge is 0.506 e. The number of aromatic carboxylic acids is 1. The lowest BCUT2D eigenvalue weighted by atomic mass is 10.1. The van der Waals surface area contributed by atoms with Gasteiger partial charge in [-0.1, -0.05) is 18.6 Å². The third-order valence-electron chi connectivity index (χ3n) is 4.68. The number of carbonyl (C=O) groups is 4. The van der Waals surface area contributed by atoms with Crippen molar-refractivity contribution in [1.29, 1.82) is 0 Å². The van der Waals surface area contributed by atoms with Crippen molar-refractivity contribution in [2.24, 2.45) is 0 Å². The van der Waals surface area contributed by atoms with E-state index in [9.17, 15) is 24.3 Å². The van der Waals surface area contributed by atoms with E-state index in [1.165, 1.54) is 23.1 Å². The zero-order valence-corrected chi connectivity index (χ0v) is 15.6. The number of unbranched alkanes of at least 4 members (excludes halogenated alkanes) is 2. The molecule has 0 bridgehead atoms. The van der Waals surface area contributed by atoms with Crippen LogP contribution in [0.1, 0.15) is 56.8 Å². The molecular weight excluding hydrogens is 376 g/mol. The van der Waals surface area contributed by atoms with E-state index >= 15 is 0 Å². The van der Waals surface area contributed by atoms with E-state index in [0.29, 0.717) is 30.4 Å². The smallest absolute Gasteiger partial charge is 0.335 e. The summed E-state index contributed by atoms with van der Waals surface area (Å²) >= 11 is 0.